The van der Waals surface area contributed by atoms with Crippen molar-refractivity contribution >= 4 is 17.5 Å². The van der Waals surface area contributed by atoms with Crippen molar-refractivity contribution in [3.63, 3.8) is 0 Å². The molecule has 5 nitrogen and oxygen atoms in total. The fraction of sp³-hybridized carbons (Fsp3) is 0.423. The lowest BCUT2D eigenvalue weighted by Crippen LogP contribution is -2.39. The molecule has 2 aliphatic carbocycles. The second-order valence-electron chi connectivity index (χ2n) is 8.82. The van der Waals surface area contributed by atoms with Gasteiger partial charge >= 0.3 is 0 Å². The first-order valence-electron chi connectivity index (χ1n) is 11.5. The van der Waals surface area contributed by atoms with E-state index in [1.807, 2.05) is 30.3 Å². The quantitative estimate of drug-likeness (QED) is 0.699. The number of aryl methyl sites for hydroxylation is 1. The Morgan fingerprint density at radius 3 is 2.52 bits per heavy atom. The van der Waals surface area contributed by atoms with Crippen LogP contribution in [0.3, 0.4) is 0 Å². The molecule has 1 saturated carbocycles. The monoisotopic (exact) mass is 415 g/mol. The first-order chi connectivity index (χ1) is 15.2. The van der Waals surface area contributed by atoms with Crippen LogP contribution >= 0.6 is 0 Å². The SMILES string of the molecule is O=C(CCC(=O)N(C1CC1)C1CCCc2ccccc21)N1CCC(c2ccccc2)=N1. The van der Waals surface area contributed by atoms with Gasteiger partial charge in [-0.05, 0) is 48.8 Å². The number of hydrazone groups is 1. The van der Waals surface area contributed by atoms with Gasteiger partial charge in [-0.2, -0.15) is 5.10 Å². The minimum atomic E-state index is -0.0564. The van der Waals surface area contributed by atoms with E-state index in [1.165, 1.54) is 11.1 Å². The van der Waals surface area contributed by atoms with E-state index >= 15 is 0 Å². The van der Waals surface area contributed by atoms with Crippen molar-refractivity contribution in [2.45, 2.75) is 63.5 Å². The van der Waals surface area contributed by atoms with Crippen molar-refractivity contribution in [1.82, 2.24) is 9.91 Å². The van der Waals surface area contributed by atoms with E-state index in [9.17, 15) is 9.59 Å². The van der Waals surface area contributed by atoms with Gasteiger partial charge in [0.1, 0.15) is 0 Å². The molecule has 0 aromatic heterocycles. The van der Waals surface area contributed by atoms with Gasteiger partial charge in [0, 0.05) is 25.3 Å². The molecule has 0 N–H and O–H groups in total. The second kappa shape index (κ2) is 8.66. The predicted molar refractivity (Wildman–Crippen MR) is 121 cm³/mol. The summed E-state index contributed by atoms with van der Waals surface area (Å²) >= 11 is 0. The van der Waals surface area contributed by atoms with Crippen LogP contribution in [0.1, 0.15) is 67.7 Å². The van der Waals surface area contributed by atoms with E-state index in [2.05, 4.69) is 34.3 Å². The Hall–Kier alpha value is -2.95. The fourth-order valence-corrected chi connectivity index (χ4v) is 4.94. The lowest BCUT2D eigenvalue weighted by Gasteiger charge is -2.36. The molecule has 160 valence electrons. The third-order valence-electron chi connectivity index (χ3n) is 6.65. The highest BCUT2D eigenvalue weighted by Crippen LogP contribution is 2.41. The highest BCUT2D eigenvalue weighted by Gasteiger charge is 2.39. The standard InChI is InChI=1S/C26H29N3O2/c30-25(28-18-17-23(27-28)20-8-2-1-3-9-20)15-16-26(31)29(21-13-14-21)24-12-6-10-19-7-4-5-11-22(19)24/h1-5,7-9,11,21,24H,6,10,12-18H2. The van der Waals surface area contributed by atoms with Gasteiger partial charge in [-0.15, -0.1) is 0 Å². The van der Waals surface area contributed by atoms with Crippen LogP contribution in [-0.4, -0.2) is 40.0 Å². The summed E-state index contributed by atoms with van der Waals surface area (Å²) in [5.74, 6) is 0.0584. The van der Waals surface area contributed by atoms with Crippen molar-refractivity contribution in [2.75, 3.05) is 6.54 Å². The van der Waals surface area contributed by atoms with Gasteiger partial charge in [0.15, 0.2) is 0 Å². The minimum Gasteiger partial charge on any atom is -0.333 e. The van der Waals surface area contributed by atoms with Crippen molar-refractivity contribution in [3.8, 4) is 0 Å². The predicted octanol–water partition coefficient (Wildman–Crippen LogP) is 4.47. The zero-order chi connectivity index (χ0) is 21.2. The van der Waals surface area contributed by atoms with Gasteiger partial charge in [0.05, 0.1) is 18.3 Å². The van der Waals surface area contributed by atoms with Crippen LogP contribution in [0, 0.1) is 0 Å². The van der Waals surface area contributed by atoms with Gasteiger partial charge in [-0.25, -0.2) is 5.01 Å². The Morgan fingerprint density at radius 1 is 0.935 bits per heavy atom. The van der Waals surface area contributed by atoms with Crippen LogP contribution in [0.25, 0.3) is 0 Å². The molecule has 5 heteroatoms. The van der Waals surface area contributed by atoms with E-state index in [-0.39, 0.29) is 30.7 Å². The number of carbonyl (C=O) groups is 2. The molecule has 31 heavy (non-hydrogen) atoms. The summed E-state index contributed by atoms with van der Waals surface area (Å²) in [6.07, 6.45) is 6.63. The average molecular weight is 416 g/mol. The van der Waals surface area contributed by atoms with Gasteiger partial charge in [0.25, 0.3) is 0 Å². The number of carbonyl (C=O) groups excluding carboxylic acids is 2. The molecule has 1 aliphatic heterocycles. The summed E-state index contributed by atoms with van der Waals surface area (Å²) in [6, 6.07) is 19.0. The number of benzene rings is 2. The molecule has 1 atom stereocenters. The van der Waals surface area contributed by atoms with Crippen molar-refractivity contribution in [1.29, 1.82) is 0 Å². The summed E-state index contributed by atoms with van der Waals surface area (Å²) < 4.78 is 0. The largest absolute Gasteiger partial charge is 0.333 e. The molecule has 0 saturated heterocycles. The smallest absolute Gasteiger partial charge is 0.243 e. The van der Waals surface area contributed by atoms with Crippen LogP contribution in [0.5, 0.6) is 0 Å². The van der Waals surface area contributed by atoms with Gasteiger partial charge in [-0.1, -0.05) is 54.6 Å². The number of fused-ring (bicyclic) bond motifs is 1. The Labute approximate surface area is 183 Å². The van der Waals surface area contributed by atoms with Crippen LogP contribution in [0.2, 0.25) is 0 Å². The third kappa shape index (κ3) is 4.27. The van der Waals surface area contributed by atoms with E-state index in [0.29, 0.717) is 12.6 Å². The molecule has 1 fully saturated rings. The van der Waals surface area contributed by atoms with Gasteiger partial charge in [0.2, 0.25) is 11.8 Å². The number of hydrogen-bond donors (Lipinski definition) is 0. The molecule has 2 aromatic carbocycles. The van der Waals surface area contributed by atoms with Crippen molar-refractivity contribution in [2.24, 2.45) is 5.10 Å². The van der Waals surface area contributed by atoms with E-state index in [1.54, 1.807) is 5.01 Å². The second-order valence-corrected chi connectivity index (χ2v) is 8.82. The number of nitrogens with zero attached hydrogens (tertiary/aromatic N) is 3. The molecule has 2 aromatic rings. The molecular weight excluding hydrogens is 386 g/mol. The Balaban J connectivity index is 1.24. The molecule has 1 unspecified atom stereocenters. The number of hydrogen-bond acceptors (Lipinski definition) is 3. The summed E-state index contributed by atoms with van der Waals surface area (Å²) in [6.45, 7) is 0.597. The van der Waals surface area contributed by atoms with Crippen LogP contribution in [-0.2, 0) is 16.0 Å². The normalized spacial score (nSPS) is 20.2. The zero-order valence-corrected chi connectivity index (χ0v) is 17.9. The highest BCUT2D eigenvalue weighted by molar-refractivity contribution is 6.02. The highest BCUT2D eigenvalue weighted by atomic mass is 16.2. The molecular formula is C26H29N3O2. The third-order valence-corrected chi connectivity index (χ3v) is 6.65. The first kappa shape index (κ1) is 20.0. The van der Waals surface area contributed by atoms with Crippen molar-refractivity contribution < 1.29 is 9.59 Å². The summed E-state index contributed by atoms with van der Waals surface area (Å²) in [7, 11) is 0. The van der Waals surface area contributed by atoms with Crippen molar-refractivity contribution in [3.05, 3.63) is 71.3 Å². The Morgan fingerprint density at radius 2 is 1.71 bits per heavy atom. The lowest BCUT2D eigenvalue weighted by atomic mass is 9.86. The first-order valence-corrected chi connectivity index (χ1v) is 11.5. The molecule has 2 amide bonds. The maximum Gasteiger partial charge on any atom is 0.243 e. The minimum absolute atomic E-state index is 0.0564. The molecule has 0 radical (unpaired) electrons. The number of amides is 2. The Bertz CT molecular complexity index is 997. The van der Waals surface area contributed by atoms with Crippen LogP contribution in [0.15, 0.2) is 59.7 Å². The molecule has 5 rings (SSSR count). The maximum atomic E-state index is 13.3. The topological polar surface area (TPSA) is 53.0 Å². The van der Waals surface area contributed by atoms with Crippen LogP contribution < -0.4 is 0 Å². The van der Waals surface area contributed by atoms with Gasteiger partial charge in [-0.3, -0.25) is 9.59 Å². The molecule has 1 heterocycles. The maximum absolute atomic E-state index is 13.3. The number of rotatable bonds is 6. The summed E-state index contributed by atoms with van der Waals surface area (Å²) in [5.41, 5.74) is 4.67. The van der Waals surface area contributed by atoms with E-state index in [0.717, 1.165) is 49.8 Å². The molecule has 3 aliphatic rings. The molecule has 0 bridgehead atoms. The Kier molecular flexibility index (Phi) is 5.58. The fourth-order valence-electron chi connectivity index (χ4n) is 4.94. The van der Waals surface area contributed by atoms with Gasteiger partial charge < -0.3 is 4.90 Å². The van der Waals surface area contributed by atoms with E-state index in [4.69, 9.17) is 0 Å². The van der Waals surface area contributed by atoms with Crippen LogP contribution in [0.4, 0.5) is 0 Å². The van der Waals surface area contributed by atoms with E-state index < -0.39 is 0 Å². The zero-order valence-electron chi connectivity index (χ0n) is 17.9. The summed E-state index contributed by atoms with van der Waals surface area (Å²) in [4.78, 5) is 28.1. The lowest BCUT2D eigenvalue weighted by molar-refractivity contribution is -0.139. The summed E-state index contributed by atoms with van der Waals surface area (Å²) in [5, 5.41) is 6.07. The average Bonchev–Trinajstić information content (AvgIpc) is 3.52. The molecule has 0 spiro atoms.